The number of rotatable bonds is 11. The fourth-order valence-electron chi connectivity index (χ4n) is 4.09. The molecule has 196 valence electrons. The average molecular weight is 541 g/mol. The number of fused-ring (bicyclic) bond motifs is 1. The van der Waals surface area contributed by atoms with Crippen molar-refractivity contribution in [2.45, 2.75) is 70.0 Å². The van der Waals surface area contributed by atoms with Gasteiger partial charge in [0.15, 0.2) is 0 Å². The van der Waals surface area contributed by atoms with Gasteiger partial charge < -0.3 is 14.8 Å². The number of carbonyl (C=O) groups is 1. The van der Waals surface area contributed by atoms with Crippen molar-refractivity contribution >= 4 is 35.3 Å². The monoisotopic (exact) mass is 540 g/mol. The number of aromatic nitrogens is 3. The van der Waals surface area contributed by atoms with Crippen molar-refractivity contribution in [3.63, 3.8) is 0 Å². The lowest BCUT2D eigenvalue weighted by Gasteiger charge is -2.28. The Balaban J connectivity index is 1.62. The fraction of sp³-hybridized carbons (Fsp3) is 0.393. The summed E-state index contributed by atoms with van der Waals surface area (Å²) in [6, 6.07) is 15.1. The van der Waals surface area contributed by atoms with Gasteiger partial charge in [0.25, 0.3) is 0 Å². The van der Waals surface area contributed by atoms with Crippen LogP contribution in [0.3, 0.4) is 0 Å². The quantitative estimate of drug-likeness (QED) is 0.159. The lowest BCUT2D eigenvalue weighted by atomic mass is 9.95. The number of halogens is 1. The molecule has 2 aromatic carbocycles. The summed E-state index contributed by atoms with van der Waals surface area (Å²) in [5.74, 6) is 1.63. The number of anilines is 1. The molecule has 4 rings (SSSR count). The highest BCUT2D eigenvalue weighted by molar-refractivity contribution is 7.98. The summed E-state index contributed by atoms with van der Waals surface area (Å²) in [7, 11) is 0. The Morgan fingerprint density at radius 2 is 1.92 bits per heavy atom. The van der Waals surface area contributed by atoms with Crippen molar-refractivity contribution in [3.05, 3.63) is 76.0 Å². The van der Waals surface area contributed by atoms with Crippen molar-refractivity contribution in [1.29, 1.82) is 0 Å². The van der Waals surface area contributed by atoms with Crippen LogP contribution in [0.1, 0.15) is 64.1 Å². The van der Waals surface area contributed by atoms with Gasteiger partial charge in [-0.1, -0.05) is 73.5 Å². The molecule has 1 atom stereocenters. The molecule has 1 unspecified atom stereocenters. The number of allylic oxidation sites excluding steroid dienone is 1. The second-order valence-corrected chi connectivity index (χ2v) is 10.5. The van der Waals surface area contributed by atoms with Gasteiger partial charge in [-0.15, -0.1) is 5.10 Å². The Morgan fingerprint density at radius 1 is 1.16 bits per heavy atom. The van der Waals surface area contributed by atoms with Crippen molar-refractivity contribution in [3.8, 4) is 5.75 Å². The van der Waals surface area contributed by atoms with Crippen LogP contribution in [0.2, 0.25) is 5.02 Å². The van der Waals surface area contributed by atoms with Crippen LogP contribution in [-0.4, -0.2) is 33.4 Å². The average Bonchev–Trinajstić information content (AvgIpc) is 3.27. The molecule has 7 nitrogen and oxygen atoms in total. The molecule has 1 aliphatic rings. The van der Waals surface area contributed by atoms with Gasteiger partial charge in [-0.2, -0.15) is 4.98 Å². The standard InChI is InChI=1S/C28H33ClN4O3S/c1-5-6-9-16-35-22-14-12-20(13-15-22)25-24(26(34)36-18(2)3)19(4)30-27-31-28(32-33(25)27)37-17-21-10-7-8-11-23(21)29/h7-8,10-15,18,25H,5-6,9,16-17H2,1-4H3,(H,30,31,32). The first-order chi connectivity index (χ1) is 17.9. The molecule has 0 fully saturated rings. The first kappa shape index (κ1) is 27.1. The number of hydrogen-bond donors (Lipinski definition) is 1. The highest BCUT2D eigenvalue weighted by Crippen LogP contribution is 2.38. The third-order valence-electron chi connectivity index (χ3n) is 5.92. The third kappa shape index (κ3) is 6.67. The molecule has 1 N–H and O–H groups in total. The van der Waals surface area contributed by atoms with Crippen molar-refractivity contribution in [2.24, 2.45) is 0 Å². The summed E-state index contributed by atoms with van der Waals surface area (Å²) < 4.78 is 13.3. The number of carbonyl (C=O) groups excluding carboxylic acids is 1. The smallest absolute Gasteiger partial charge is 0.338 e. The van der Waals surface area contributed by atoms with Crippen LogP contribution >= 0.6 is 23.4 Å². The molecule has 0 aliphatic carbocycles. The third-order valence-corrected chi connectivity index (χ3v) is 7.18. The zero-order chi connectivity index (χ0) is 26.4. The first-order valence-corrected chi connectivity index (χ1v) is 14.0. The van der Waals surface area contributed by atoms with Crippen LogP contribution in [-0.2, 0) is 15.3 Å². The van der Waals surface area contributed by atoms with Crippen LogP contribution in [0.4, 0.5) is 5.95 Å². The number of esters is 1. The second kappa shape index (κ2) is 12.5. The van der Waals surface area contributed by atoms with Gasteiger partial charge in [0.2, 0.25) is 11.1 Å². The van der Waals surface area contributed by atoms with Gasteiger partial charge in [-0.3, -0.25) is 0 Å². The van der Waals surface area contributed by atoms with Crippen LogP contribution in [0.15, 0.2) is 65.0 Å². The van der Waals surface area contributed by atoms with Crippen molar-refractivity contribution in [2.75, 3.05) is 11.9 Å². The molecular formula is C28H33ClN4O3S. The largest absolute Gasteiger partial charge is 0.494 e. The highest BCUT2D eigenvalue weighted by Gasteiger charge is 2.35. The van der Waals surface area contributed by atoms with E-state index in [1.807, 2.05) is 69.3 Å². The van der Waals surface area contributed by atoms with Gasteiger partial charge in [0.05, 0.1) is 18.3 Å². The summed E-state index contributed by atoms with van der Waals surface area (Å²) >= 11 is 7.82. The molecule has 1 aromatic heterocycles. The first-order valence-electron chi connectivity index (χ1n) is 12.6. The van der Waals surface area contributed by atoms with Crippen LogP contribution in [0, 0.1) is 0 Å². The number of nitrogens with zero attached hydrogens (tertiary/aromatic N) is 3. The molecule has 0 amide bonds. The zero-order valence-corrected chi connectivity index (χ0v) is 23.2. The summed E-state index contributed by atoms with van der Waals surface area (Å²) in [6.07, 6.45) is 3.07. The summed E-state index contributed by atoms with van der Waals surface area (Å²) in [5.41, 5.74) is 3.10. The van der Waals surface area contributed by atoms with E-state index in [4.69, 9.17) is 31.2 Å². The van der Waals surface area contributed by atoms with E-state index in [2.05, 4.69) is 12.2 Å². The topological polar surface area (TPSA) is 78.3 Å². The van der Waals surface area contributed by atoms with E-state index in [0.29, 0.717) is 39.8 Å². The lowest BCUT2D eigenvalue weighted by molar-refractivity contribution is -0.143. The molecule has 3 aromatic rings. The maximum Gasteiger partial charge on any atom is 0.338 e. The van der Waals surface area contributed by atoms with Gasteiger partial charge in [-0.25, -0.2) is 9.48 Å². The number of benzene rings is 2. The van der Waals surface area contributed by atoms with E-state index >= 15 is 0 Å². The van der Waals surface area contributed by atoms with Crippen LogP contribution < -0.4 is 10.1 Å². The molecule has 0 spiro atoms. The van der Waals surface area contributed by atoms with E-state index < -0.39 is 6.04 Å². The van der Waals surface area contributed by atoms with Crippen LogP contribution in [0.5, 0.6) is 5.75 Å². The predicted octanol–water partition coefficient (Wildman–Crippen LogP) is 7.03. The summed E-state index contributed by atoms with van der Waals surface area (Å²) in [6.45, 7) is 8.40. The molecule has 37 heavy (non-hydrogen) atoms. The SMILES string of the molecule is CCCCCOc1ccc(C2C(C(=O)OC(C)C)=C(C)Nc3nc(SCc4ccccc4Cl)nn32)cc1. The second-order valence-electron chi connectivity index (χ2n) is 9.19. The highest BCUT2D eigenvalue weighted by atomic mass is 35.5. The van der Waals surface area contributed by atoms with E-state index in [0.717, 1.165) is 36.1 Å². The Labute approximate surface area is 227 Å². The number of hydrogen-bond acceptors (Lipinski definition) is 7. The van der Waals surface area contributed by atoms with E-state index in [1.165, 1.54) is 11.8 Å². The Hall–Kier alpha value is -2.97. The number of unbranched alkanes of at least 4 members (excludes halogenated alkanes) is 2. The molecule has 0 bridgehead atoms. The van der Waals surface area contributed by atoms with E-state index in [1.54, 1.807) is 4.68 Å². The van der Waals surface area contributed by atoms with E-state index in [9.17, 15) is 4.79 Å². The maximum absolute atomic E-state index is 13.2. The number of nitrogens with one attached hydrogen (secondary N) is 1. The molecule has 0 saturated carbocycles. The Bertz CT molecular complexity index is 1260. The number of ether oxygens (including phenoxy) is 2. The minimum absolute atomic E-state index is 0.244. The molecule has 1 aliphatic heterocycles. The predicted molar refractivity (Wildman–Crippen MR) is 148 cm³/mol. The van der Waals surface area contributed by atoms with Gasteiger partial charge in [0, 0.05) is 16.5 Å². The fourth-order valence-corrected chi connectivity index (χ4v) is 5.20. The molecule has 9 heteroatoms. The summed E-state index contributed by atoms with van der Waals surface area (Å²) in [5, 5.41) is 9.33. The van der Waals surface area contributed by atoms with Gasteiger partial charge in [-0.05, 0) is 56.5 Å². The van der Waals surface area contributed by atoms with Crippen molar-refractivity contribution in [1.82, 2.24) is 14.8 Å². The maximum atomic E-state index is 13.2. The Kier molecular flexibility index (Phi) is 9.16. The van der Waals surface area contributed by atoms with Crippen molar-refractivity contribution < 1.29 is 14.3 Å². The molecular weight excluding hydrogens is 508 g/mol. The summed E-state index contributed by atoms with van der Waals surface area (Å²) in [4.78, 5) is 17.9. The molecule has 2 heterocycles. The minimum atomic E-state index is -0.487. The Morgan fingerprint density at radius 3 is 2.62 bits per heavy atom. The minimum Gasteiger partial charge on any atom is -0.494 e. The molecule has 0 radical (unpaired) electrons. The number of thioether (sulfide) groups is 1. The van der Waals surface area contributed by atoms with Gasteiger partial charge in [0.1, 0.15) is 11.8 Å². The van der Waals surface area contributed by atoms with Gasteiger partial charge >= 0.3 is 5.97 Å². The molecule has 0 saturated heterocycles. The van der Waals surface area contributed by atoms with E-state index in [-0.39, 0.29) is 12.1 Å². The van der Waals surface area contributed by atoms with Crippen LogP contribution in [0.25, 0.3) is 0 Å². The normalized spacial score (nSPS) is 14.9. The lowest BCUT2D eigenvalue weighted by Crippen LogP contribution is -2.30. The zero-order valence-electron chi connectivity index (χ0n) is 21.7.